The highest BCUT2D eigenvalue weighted by molar-refractivity contribution is 5.88. The molecule has 0 spiro atoms. The molecule has 33 heavy (non-hydrogen) atoms. The molecule has 0 aromatic heterocycles. The summed E-state index contributed by atoms with van der Waals surface area (Å²) < 4.78 is 5.83. The maximum Gasteiger partial charge on any atom is 0.261 e. The molecule has 1 N–H and O–H groups in total. The molecule has 178 valence electrons. The van der Waals surface area contributed by atoms with Gasteiger partial charge in [0.05, 0.1) is 0 Å². The number of amides is 2. The van der Waals surface area contributed by atoms with Crippen LogP contribution in [0.3, 0.4) is 0 Å². The van der Waals surface area contributed by atoms with Crippen molar-refractivity contribution in [3.8, 4) is 5.75 Å². The highest BCUT2D eigenvalue weighted by atomic mass is 16.5. The van der Waals surface area contributed by atoms with Crippen LogP contribution in [0.4, 0.5) is 0 Å². The van der Waals surface area contributed by atoms with Crippen molar-refractivity contribution < 1.29 is 14.3 Å². The number of carbonyl (C=O) groups excluding carboxylic acids is 2. The van der Waals surface area contributed by atoms with E-state index in [1.807, 2.05) is 56.3 Å². The van der Waals surface area contributed by atoms with Crippen LogP contribution in [0.1, 0.15) is 75.5 Å². The van der Waals surface area contributed by atoms with E-state index in [4.69, 9.17) is 4.74 Å². The molecule has 1 fully saturated rings. The van der Waals surface area contributed by atoms with E-state index in [0.29, 0.717) is 24.6 Å². The molecule has 5 heteroatoms. The Morgan fingerprint density at radius 1 is 1.09 bits per heavy atom. The van der Waals surface area contributed by atoms with Gasteiger partial charge >= 0.3 is 0 Å². The summed E-state index contributed by atoms with van der Waals surface area (Å²) in [6, 6.07) is 15.6. The summed E-state index contributed by atoms with van der Waals surface area (Å²) in [6.45, 7) is 8.56. The number of hydrogen-bond acceptors (Lipinski definition) is 3. The van der Waals surface area contributed by atoms with Gasteiger partial charge in [-0.2, -0.15) is 0 Å². The maximum absolute atomic E-state index is 13.3. The van der Waals surface area contributed by atoms with Crippen molar-refractivity contribution in [2.45, 2.75) is 84.3 Å². The lowest BCUT2D eigenvalue weighted by molar-refractivity contribution is -0.143. The van der Waals surface area contributed by atoms with Gasteiger partial charge in [-0.15, -0.1) is 0 Å². The third kappa shape index (κ3) is 7.08. The first-order valence-corrected chi connectivity index (χ1v) is 12.3. The minimum absolute atomic E-state index is 0.0633. The minimum Gasteiger partial charge on any atom is -0.484 e. The molecule has 0 saturated heterocycles. The summed E-state index contributed by atoms with van der Waals surface area (Å²) in [6.07, 6.45) is 4.89. The van der Waals surface area contributed by atoms with Gasteiger partial charge in [-0.1, -0.05) is 75.6 Å². The van der Waals surface area contributed by atoms with E-state index in [0.717, 1.165) is 36.8 Å². The second kappa shape index (κ2) is 11.9. The van der Waals surface area contributed by atoms with E-state index < -0.39 is 6.04 Å². The lowest BCUT2D eigenvalue weighted by Gasteiger charge is -2.31. The van der Waals surface area contributed by atoms with Crippen LogP contribution in [-0.4, -0.2) is 35.4 Å². The average molecular weight is 451 g/mol. The Labute approximate surface area is 198 Å². The molecule has 1 saturated carbocycles. The van der Waals surface area contributed by atoms with Gasteiger partial charge in [0.25, 0.3) is 5.91 Å². The highest BCUT2D eigenvalue weighted by Crippen LogP contribution is 2.21. The highest BCUT2D eigenvalue weighted by Gasteiger charge is 2.30. The summed E-state index contributed by atoms with van der Waals surface area (Å²) in [4.78, 5) is 28.2. The Balaban J connectivity index is 1.74. The number of aryl methyl sites for hydroxylation is 1. The van der Waals surface area contributed by atoms with Crippen molar-refractivity contribution in [1.82, 2.24) is 10.2 Å². The molecule has 0 bridgehead atoms. The van der Waals surface area contributed by atoms with Crippen molar-refractivity contribution in [3.63, 3.8) is 0 Å². The van der Waals surface area contributed by atoms with Crippen LogP contribution in [0.5, 0.6) is 5.75 Å². The first-order valence-electron chi connectivity index (χ1n) is 12.3. The van der Waals surface area contributed by atoms with E-state index in [1.54, 1.807) is 4.90 Å². The number of rotatable bonds is 10. The van der Waals surface area contributed by atoms with Gasteiger partial charge in [0.15, 0.2) is 6.61 Å². The van der Waals surface area contributed by atoms with Gasteiger partial charge in [-0.3, -0.25) is 9.59 Å². The molecular formula is C28H38N2O3. The van der Waals surface area contributed by atoms with Crippen LogP contribution >= 0.6 is 0 Å². The van der Waals surface area contributed by atoms with E-state index in [1.165, 1.54) is 5.56 Å². The van der Waals surface area contributed by atoms with Crippen LogP contribution in [0.15, 0.2) is 48.5 Å². The molecule has 0 aliphatic heterocycles. The Morgan fingerprint density at radius 3 is 2.39 bits per heavy atom. The van der Waals surface area contributed by atoms with Crippen LogP contribution < -0.4 is 10.1 Å². The quantitative estimate of drug-likeness (QED) is 0.530. The molecule has 2 aromatic carbocycles. The monoisotopic (exact) mass is 450 g/mol. The summed E-state index contributed by atoms with van der Waals surface area (Å²) in [5.41, 5.74) is 3.37. The van der Waals surface area contributed by atoms with Crippen LogP contribution in [0.2, 0.25) is 0 Å². The topological polar surface area (TPSA) is 58.6 Å². The second-order valence-electron chi connectivity index (χ2n) is 9.44. The molecule has 1 atom stereocenters. The minimum atomic E-state index is -0.523. The number of nitrogens with one attached hydrogen (secondary N) is 1. The Morgan fingerprint density at radius 2 is 1.79 bits per heavy atom. The first kappa shape index (κ1) is 24.8. The maximum atomic E-state index is 13.3. The smallest absolute Gasteiger partial charge is 0.261 e. The molecule has 2 amide bonds. The van der Waals surface area contributed by atoms with E-state index in [2.05, 4.69) is 25.2 Å². The molecule has 3 rings (SSSR count). The van der Waals surface area contributed by atoms with Crippen molar-refractivity contribution in [1.29, 1.82) is 0 Å². The molecule has 1 unspecified atom stereocenters. The fraction of sp³-hybridized carbons (Fsp3) is 0.500. The van der Waals surface area contributed by atoms with Crippen LogP contribution in [-0.2, 0) is 16.1 Å². The average Bonchev–Trinajstić information content (AvgIpc) is 3.30. The molecule has 1 aliphatic carbocycles. The van der Waals surface area contributed by atoms with Crippen molar-refractivity contribution in [2.75, 3.05) is 6.61 Å². The fourth-order valence-corrected chi connectivity index (χ4v) is 4.47. The van der Waals surface area contributed by atoms with Gasteiger partial charge in [0.1, 0.15) is 11.8 Å². The summed E-state index contributed by atoms with van der Waals surface area (Å²) in [5.74, 6) is 0.852. The lowest BCUT2D eigenvalue weighted by Crippen LogP contribution is -2.52. The Hall–Kier alpha value is -2.82. The normalized spacial score (nSPS) is 14.8. The third-order valence-electron chi connectivity index (χ3n) is 6.43. The standard InChI is InChI=1S/C28H38N2O3/c1-5-26(28(32)29-24-11-6-7-12-24)30(18-22-10-8-9-21(4)17-22)27(31)19-33-25-15-13-23(14-16-25)20(2)3/h8-10,13-17,20,24,26H,5-7,11-12,18-19H2,1-4H3,(H,29,32). The van der Waals surface area contributed by atoms with Crippen LogP contribution in [0, 0.1) is 6.92 Å². The number of benzene rings is 2. The zero-order valence-corrected chi connectivity index (χ0v) is 20.5. The Kier molecular flexibility index (Phi) is 8.93. The molecule has 0 heterocycles. The summed E-state index contributed by atoms with van der Waals surface area (Å²) in [7, 11) is 0. The Bertz CT molecular complexity index is 917. The zero-order valence-electron chi connectivity index (χ0n) is 20.5. The van der Waals surface area contributed by atoms with E-state index in [9.17, 15) is 9.59 Å². The van der Waals surface area contributed by atoms with Crippen molar-refractivity contribution in [2.24, 2.45) is 0 Å². The van der Waals surface area contributed by atoms with Crippen LogP contribution in [0.25, 0.3) is 0 Å². The van der Waals surface area contributed by atoms with E-state index in [-0.39, 0.29) is 24.5 Å². The number of hydrogen-bond donors (Lipinski definition) is 1. The summed E-state index contributed by atoms with van der Waals surface area (Å²) >= 11 is 0. The number of ether oxygens (including phenoxy) is 1. The molecule has 5 nitrogen and oxygen atoms in total. The molecular weight excluding hydrogens is 412 g/mol. The molecule has 2 aromatic rings. The van der Waals surface area contributed by atoms with Gasteiger partial charge in [0, 0.05) is 12.6 Å². The van der Waals surface area contributed by atoms with Gasteiger partial charge in [-0.05, 0) is 55.4 Å². The summed E-state index contributed by atoms with van der Waals surface area (Å²) in [5, 5.41) is 3.18. The predicted octanol–water partition coefficient (Wildman–Crippen LogP) is 5.36. The predicted molar refractivity (Wildman–Crippen MR) is 132 cm³/mol. The van der Waals surface area contributed by atoms with Gasteiger partial charge in [-0.25, -0.2) is 0 Å². The number of carbonyl (C=O) groups is 2. The SMILES string of the molecule is CCC(C(=O)NC1CCCC1)N(Cc1cccc(C)c1)C(=O)COc1ccc(C(C)C)cc1. The van der Waals surface area contributed by atoms with Crippen molar-refractivity contribution >= 4 is 11.8 Å². The van der Waals surface area contributed by atoms with Gasteiger partial charge < -0.3 is 15.0 Å². The van der Waals surface area contributed by atoms with Gasteiger partial charge in [0.2, 0.25) is 5.91 Å². The number of nitrogens with zero attached hydrogens (tertiary/aromatic N) is 1. The molecule has 0 radical (unpaired) electrons. The molecule has 1 aliphatic rings. The first-order chi connectivity index (χ1) is 15.9. The fourth-order valence-electron chi connectivity index (χ4n) is 4.47. The van der Waals surface area contributed by atoms with E-state index >= 15 is 0 Å². The largest absolute Gasteiger partial charge is 0.484 e. The second-order valence-corrected chi connectivity index (χ2v) is 9.44. The van der Waals surface area contributed by atoms with Crippen molar-refractivity contribution in [3.05, 3.63) is 65.2 Å². The third-order valence-corrected chi connectivity index (χ3v) is 6.43. The lowest BCUT2D eigenvalue weighted by atomic mass is 10.0. The zero-order chi connectivity index (χ0) is 23.8.